The molecule has 0 saturated carbocycles. The number of carboxylic acids is 1. The number of hydrogen-bond acceptors (Lipinski definition) is 6. The standard InChI is InChI=1S/C24H23N3O6/c1-31-20-8-4-3-7-19(20)26-24(30)27-25-14-18-6-5-9-21(32-2)22(18)33-15-16-10-12-17(13-11-16)23(28)29/h3-14H,15H2,1-2H3,(H,28,29)(H2,26,27,30)/b25-14+. The minimum absolute atomic E-state index is 0.183. The van der Waals surface area contributed by atoms with Crippen molar-refractivity contribution < 1.29 is 28.9 Å². The Morgan fingerprint density at radius 2 is 1.64 bits per heavy atom. The fraction of sp³-hybridized carbons (Fsp3) is 0.125. The summed E-state index contributed by atoms with van der Waals surface area (Å²) in [6, 6.07) is 18.1. The molecule has 0 radical (unpaired) electrons. The van der Waals surface area contributed by atoms with Crippen molar-refractivity contribution in [3.8, 4) is 17.2 Å². The van der Waals surface area contributed by atoms with Crippen LogP contribution in [0.25, 0.3) is 0 Å². The zero-order valence-corrected chi connectivity index (χ0v) is 18.1. The Kier molecular flexibility index (Phi) is 7.85. The summed E-state index contributed by atoms with van der Waals surface area (Å²) in [4.78, 5) is 23.2. The van der Waals surface area contributed by atoms with E-state index in [1.165, 1.54) is 32.6 Å². The molecule has 0 aliphatic heterocycles. The number of nitrogens with one attached hydrogen (secondary N) is 2. The highest BCUT2D eigenvalue weighted by Crippen LogP contribution is 2.31. The Hall–Kier alpha value is -4.53. The van der Waals surface area contributed by atoms with Crippen molar-refractivity contribution in [2.75, 3.05) is 19.5 Å². The molecule has 0 aliphatic rings. The molecule has 0 spiro atoms. The number of anilines is 1. The average Bonchev–Trinajstić information content (AvgIpc) is 2.83. The lowest BCUT2D eigenvalue weighted by atomic mass is 10.1. The SMILES string of the molecule is COc1ccccc1NC(=O)N/N=C/c1cccc(OC)c1OCc1ccc(C(=O)O)cc1. The van der Waals surface area contributed by atoms with E-state index in [0.29, 0.717) is 28.5 Å². The molecule has 0 heterocycles. The van der Waals surface area contributed by atoms with Gasteiger partial charge in [-0.25, -0.2) is 15.0 Å². The van der Waals surface area contributed by atoms with Crippen molar-refractivity contribution in [3.05, 3.63) is 83.4 Å². The van der Waals surface area contributed by atoms with Gasteiger partial charge in [0.1, 0.15) is 12.4 Å². The van der Waals surface area contributed by atoms with Gasteiger partial charge >= 0.3 is 12.0 Å². The molecule has 33 heavy (non-hydrogen) atoms. The minimum Gasteiger partial charge on any atom is -0.495 e. The molecule has 170 valence electrons. The first-order valence-electron chi connectivity index (χ1n) is 9.87. The number of aromatic carboxylic acids is 1. The second-order valence-electron chi connectivity index (χ2n) is 6.69. The number of hydrogen-bond donors (Lipinski definition) is 3. The van der Waals surface area contributed by atoms with Gasteiger partial charge in [0.15, 0.2) is 11.5 Å². The molecule has 3 aromatic carbocycles. The van der Waals surface area contributed by atoms with Gasteiger partial charge in [0, 0.05) is 5.56 Å². The van der Waals surface area contributed by atoms with Gasteiger partial charge in [-0.05, 0) is 42.0 Å². The first kappa shape index (κ1) is 23.1. The largest absolute Gasteiger partial charge is 0.495 e. The van der Waals surface area contributed by atoms with Gasteiger partial charge in [-0.15, -0.1) is 0 Å². The molecule has 0 atom stereocenters. The number of para-hydroxylation sites is 3. The van der Waals surface area contributed by atoms with Crippen LogP contribution in [0, 0.1) is 0 Å². The van der Waals surface area contributed by atoms with Crippen LogP contribution < -0.4 is 25.0 Å². The second kappa shape index (κ2) is 11.2. The Morgan fingerprint density at radius 3 is 2.33 bits per heavy atom. The summed E-state index contributed by atoms with van der Waals surface area (Å²) in [6.07, 6.45) is 1.44. The van der Waals surface area contributed by atoms with Crippen LogP contribution in [-0.4, -0.2) is 37.5 Å². The summed E-state index contributed by atoms with van der Waals surface area (Å²) in [5.74, 6) is 0.446. The van der Waals surface area contributed by atoms with Crippen LogP contribution in [0.4, 0.5) is 10.5 Å². The lowest BCUT2D eigenvalue weighted by Crippen LogP contribution is -2.24. The van der Waals surface area contributed by atoms with E-state index in [9.17, 15) is 9.59 Å². The van der Waals surface area contributed by atoms with Gasteiger partial charge in [0.2, 0.25) is 0 Å². The number of nitrogens with zero attached hydrogens (tertiary/aromatic N) is 1. The number of carbonyl (C=O) groups excluding carboxylic acids is 1. The maximum atomic E-state index is 12.2. The fourth-order valence-electron chi connectivity index (χ4n) is 2.91. The molecule has 9 heteroatoms. The van der Waals surface area contributed by atoms with E-state index in [2.05, 4.69) is 15.8 Å². The molecular formula is C24H23N3O6. The number of rotatable bonds is 9. The number of hydrazone groups is 1. The molecule has 0 saturated heterocycles. The Bertz CT molecular complexity index is 1150. The van der Waals surface area contributed by atoms with E-state index >= 15 is 0 Å². The van der Waals surface area contributed by atoms with Crippen molar-refractivity contribution in [1.82, 2.24) is 5.43 Å². The third-order valence-corrected chi connectivity index (χ3v) is 4.54. The van der Waals surface area contributed by atoms with Crippen molar-refractivity contribution >= 4 is 23.9 Å². The van der Waals surface area contributed by atoms with Crippen LogP contribution in [0.2, 0.25) is 0 Å². The summed E-state index contributed by atoms with van der Waals surface area (Å²) < 4.78 is 16.5. The smallest absolute Gasteiger partial charge is 0.339 e. The first-order chi connectivity index (χ1) is 16.0. The van der Waals surface area contributed by atoms with Crippen LogP contribution >= 0.6 is 0 Å². The highest BCUT2D eigenvalue weighted by Gasteiger charge is 2.11. The van der Waals surface area contributed by atoms with Crippen LogP contribution in [0.15, 0.2) is 71.8 Å². The lowest BCUT2D eigenvalue weighted by Gasteiger charge is -2.13. The highest BCUT2D eigenvalue weighted by molar-refractivity contribution is 5.92. The topological polar surface area (TPSA) is 118 Å². The molecular weight excluding hydrogens is 426 g/mol. The van der Waals surface area contributed by atoms with Gasteiger partial charge in [0.25, 0.3) is 0 Å². The third-order valence-electron chi connectivity index (χ3n) is 4.54. The second-order valence-corrected chi connectivity index (χ2v) is 6.69. The molecule has 0 bridgehead atoms. The number of carboxylic acid groups (broad SMARTS) is 1. The van der Waals surface area contributed by atoms with Crippen molar-refractivity contribution in [2.45, 2.75) is 6.61 Å². The summed E-state index contributed by atoms with van der Waals surface area (Å²) >= 11 is 0. The maximum Gasteiger partial charge on any atom is 0.339 e. The van der Waals surface area contributed by atoms with E-state index in [1.807, 2.05) is 0 Å². The number of carbonyl (C=O) groups is 2. The van der Waals surface area contributed by atoms with E-state index in [0.717, 1.165) is 5.56 Å². The number of amides is 2. The minimum atomic E-state index is -0.993. The lowest BCUT2D eigenvalue weighted by molar-refractivity contribution is 0.0696. The summed E-state index contributed by atoms with van der Waals surface area (Å²) in [7, 11) is 3.03. The number of ether oxygens (including phenoxy) is 3. The van der Waals surface area contributed by atoms with Crippen LogP contribution in [-0.2, 0) is 6.61 Å². The highest BCUT2D eigenvalue weighted by atomic mass is 16.5. The molecule has 9 nitrogen and oxygen atoms in total. The fourth-order valence-corrected chi connectivity index (χ4v) is 2.91. The van der Waals surface area contributed by atoms with Crippen LogP contribution in [0.3, 0.4) is 0 Å². The van der Waals surface area contributed by atoms with E-state index < -0.39 is 12.0 Å². The third kappa shape index (κ3) is 6.23. The van der Waals surface area contributed by atoms with Gasteiger partial charge in [-0.3, -0.25) is 0 Å². The monoisotopic (exact) mass is 449 g/mol. The van der Waals surface area contributed by atoms with Crippen molar-refractivity contribution in [1.29, 1.82) is 0 Å². The molecule has 3 aromatic rings. The van der Waals surface area contributed by atoms with E-state index in [4.69, 9.17) is 19.3 Å². The predicted molar refractivity (Wildman–Crippen MR) is 123 cm³/mol. The van der Waals surface area contributed by atoms with Crippen LogP contribution in [0.5, 0.6) is 17.2 Å². The summed E-state index contributed by atoms with van der Waals surface area (Å²) in [5, 5.41) is 15.7. The number of methoxy groups -OCH3 is 2. The van der Waals surface area contributed by atoms with Crippen molar-refractivity contribution in [2.24, 2.45) is 5.10 Å². The molecule has 3 N–H and O–H groups in total. The molecule has 0 unspecified atom stereocenters. The first-order valence-corrected chi connectivity index (χ1v) is 9.87. The van der Waals surface area contributed by atoms with Gasteiger partial charge in [-0.2, -0.15) is 5.10 Å². The summed E-state index contributed by atoms with van der Waals surface area (Å²) in [6.45, 7) is 0.183. The normalized spacial score (nSPS) is 10.5. The van der Waals surface area contributed by atoms with E-state index in [1.54, 1.807) is 54.6 Å². The Labute approximate surface area is 190 Å². The van der Waals surface area contributed by atoms with Crippen molar-refractivity contribution in [3.63, 3.8) is 0 Å². The van der Waals surface area contributed by atoms with Gasteiger partial charge < -0.3 is 24.6 Å². The number of urea groups is 1. The molecule has 0 fully saturated rings. The molecule has 0 aliphatic carbocycles. The quantitative estimate of drug-likeness (QED) is 0.334. The molecule has 2 amide bonds. The Balaban J connectivity index is 1.68. The zero-order valence-electron chi connectivity index (χ0n) is 18.1. The Morgan fingerprint density at radius 1 is 0.939 bits per heavy atom. The van der Waals surface area contributed by atoms with Crippen LogP contribution in [0.1, 0.15) is 21.5 Å². The van der Waals surface area contributed by atoms with Gasteiger partial charge in [-0.1, -0.05) is 30.3 Å². The molecule has 0 aromatic heterocycles. The number of benzene rings is 3. The molecule has 3 rings (SSSR count). The predicted octanol–water partition coefficient (Wildman–Crippen LogP) is 4.14. The average molecular weight is 449 g/mol. The maximum absolute atomic E-state index is 12.2. The summed E-state index contributed by atoms with van der Waals surface area (Å²) in [5.41, 5.74) is 4.46. The van der Waals surface area contributed by atoms with E-state index in [-0.39, 0.29) is 12.2 Å². The zero-order chi connectivity index (χ0) is 23.6. The van der Waals surface area contributed by atoms with Gasteiger partial charge in [0.05, 0.1) is 31.7 Å².